The van der Waals surface area contributed by atoms with Crippen LogP contribution >= 0.6 is 0 Å². The molecule has 5 fully saturated rings. The Hall–Kier alpha value is -3.77. The Morgan fingerprint density at radius 2 is 2.07 bits per heavy atom. The number of likely N-dealkylation sites (tertiary alicyclic amines) is 2. The number of fused-ring (bicyclic) bond motifs is 6. The van der Waals surface area contributed by atoms with Crippen molar-refractivity contribution in [1.29, 1.82) is 5.26 Å². The van der Waals surface area contributed by atoms with Crippen LogP contribution in [-0.4, -0.2) is 89.2 Å². The fourth-order valence-electron chi connectivity index (χ4n) is 9.66. The molecule has 0 spiro atoms. The lowest BCUT2D eigenvalue weighted by atomic mass is 9.82. The molecule has 8 aliphatic rings. The van der Waals surface area contributed by atoms with Gasteiger partial charge in [-0.15, -0.1) is 0 Å². The van der Waals surface area contributed by atoms with E-state index in [2.05, 4.69) is 28.5 Å². The van der Waals surface area contributed by atoms with Crippen LogP contribution in [0, 0.1) is 23.2 Å². The number of ether oxygens (including phenoxy) is 1. The summed E-state index contributed by atoms with van der Waals surface area (Å²) in [6.07, 6.45) is 10.6. The van der Waals surface area contributed by atoms with Gasteiger partial charge in [-0.05, 0) is 87.1 Å². The van der Waals surface area contributed by atoms with Crippen LogP contribution in [0.4, 0.5) is 4.39 Å². The van der Waals surface area contributed by atoms with Crippen LogP contribution in [0.5, 0.6) is 0 Å². The van der Waals surface area contributed by atoms with Gasteiger partial charge >= 0.3 is 0 Å². The van der Waals surface area contributed by atoms with E-state index >= 15 is 4.39 Å². The van der Waals surface area contributed by atoms with Gasteiger partial charge < -0.3 is 14.5 Å². The predicted molar refractivity (Wildman–Crippen MR) is 164 cm³/mol. The van der Waals surface area contributed by atoms with E-state index in [4.69, 9.17) is 14.7 Å². The van der Waals surface area contributed by atoms with Crippen LogP contribution in [-0.2, 0) is 16.0 Å². The lowest BCUT2D eigenvalue weighted by Gasteiger charge is -2.51. The van der Waals surface area contributed by atoms with E-state index < -0.39 is 12.0 Å². The summed E-state index contributed by atoms with van der Waals surface area (Å²) in [6.45, 7) is 7.50. The van der Waals surface area contributed by atoms with Gasteiger partial charge in [-0.2, -0.15) is 5.26 Å². The number of rotatable bonds is 5. The fourth-order valence-corrected chi connectivity index (χ4v) is 9.66. The summed E-state index contributed by atoms with van der Waals surface area (Å²) in [6, 6.07) is 7.87. The minimum absolute atomic E-state index is 0.0298. The van der Waals surface area contributed by atoms with E-state index in [1.54, 1.807) is 0 Å². The van der Waals surface area contributed by atoms with Gasteiger partial charge in [0.05, 0.1) is 23.5 Å². The van der Waals surface area contributed by atoms with Gasteiger partial charge in [-0.25, -0.2) is 9.38 Å². The third kappa shape index (κ3) is 3.67. The van der Waals surface area contributed by atoms with Crippen molar-refractivity contribution < 1.29 is 13.9 Å². The quantitative estimate of drug-likeness (QED) is 0.475. The maximum Gasteiger partial charge on any atom is 0.246 e. The van der Waals surface area contributed by atoms with Crippen LogP contribution in [0.25, 0.3) is 5.70 Å². The molecule has 1 aromatic rings. The number of benzene rings is 1. The summed E-state index contributed by atoms with van der Waals surface area (Å²) < 4.78 is 23.4. The van der Waals surface area contributed by atoms with E-state index in [9.17, 15) is 10.1 Å². The Labute approximate surface area is 257 Å². The Kier molecular flexibility index (Phi) is 5.82. The van der Waals surface area contributed by atoms with Gasteiger partial charge in [0, 0.05) is 30.6 Å². The second-order valence-electron chi connectivity index (χ2n) is 14.0. The summed E-state index contributed by atoms with van der Waals surface area (Å²) >= 11 is 0. The molecule has 0 N–H and O–H groups in total. The van der Waals surface area contributed by atoms with E-state index in [1.807, 2.05) is 23.2 Å². The number of carbonyl (C=O) groups is 1. The third-order valence-corrected chi connectivity index (χ3v) is 11.9. The maximum atomic E-state index is 16.9. The van der Waals surface area contributed by atoms with Crippen LogP contribution in [0.2, 0.25) is 0 Å². The van der Waals surface area contributed by atoms with E-state index in [-0.39, 0.29) is 35.3 Å². The lowest BCUT2D eigenvalue weighted by Crippen LogP contribution is -2.63. The number of dihydropyridines is 1. The van der Waals surface area contributed by atoms with Crippen molar-refractivity contribution in [1.82, 2.24) is 14.7 Å². The van der Waals surface area contributed by atoms with Gasteiger partial charge in [0.2, 0.25) is 11.8 Å². The Morgan fingerprint density at radius 1 is 1.23 bits per heavy atom. The molecule has 6 heterocycles. The second-order valence-corrected chi connectivity index (χ2v) is 14.0. The number of nitriles is 1. The predicted octanol–water partition coefficient (Wildman–Crippen LogP) is 4.36. The molecule has 1 aromatic carbocycles. The number of hydrogen-bond acceptors (Lipinski definition) is 7. The molecule has 8 nitrogen and oxygen atoms in total. The molecule has 4 unspecified atom stereocenters. The molecule has 9 rings (SSSR count). The highest BCUT2D eigenvalue weighted by Gasteiger charge is 2.54. The van der Waals surface area contributed by atoms with E-state index in [0.717, 1.165) is 62.9 Å². The first-order valence-electron chi connectivity index (χ1n) is 16.4. The van der Waals surface area contributed by atoms with Crippen molar-refractivity contribution in [2.24, 2.45) is 21.8 Å². The van der Waals surface area contributed by atoms with E-state index in [0.29, 0.717) is 42.8 Å². The first-order valence-corrected chi connectivity index (χ1v) is 16.4. The van der Waals surface area contributed by atoms with Gasteiger partial charge in [0.1, 0.15) is 30.0 Å². The normalized spacial score (nSPS) is 34.0. The van der Waals surface area contributed by atoms with Crippen LogP contribution in [0.15, 0.2) is 57.9 Å². The first-order chi connectivity index (χ1) is 21.5. The van der Waals surface area contributed by atoms with Gasteiger partial charge in [-0.1, -0.05) is 24.8 Å². The molecule has 1 saturated carbocycles. The minimum atomic E-state index is -0.844. The van der Waals surface area contributed by atoms with Crippen molar-refractivity contribution in [3.05, 3.63) is 64.6 Å². The Bertz CT molecular complexity index is 1640. The van der Waals surface area contributed by atoms with Crippen molar-refractivity contribution in [2.45, 2.75) is 74.5 Å². The molecule has 6 atom stereocenters. The molecule has 9 heteroatoms. The zero-order valence-corrected chi connectivity index (χ0v) is 24.9. The zero-order chi connectivity index (χ0) is 29.7. The first kappa shape index (κ1) is 26.6. The third-order valence-electron chi connectivity index (χ3n) is 11.9. The number of nitrogens with zero attached hydrogens (tertiary/aromatic N) is 6. The monoisotopic (exact) mass is 592 g/mol. The number of aliphatic imine (C=N–C) groups is 2. The number of hydrogen-bond donors (Lipinski definition) is 0. The Balaban J connectivity index is 1.10. The topological polar surface area (TPSA) is 84.5 Å². The maximum absolute atomic E-state index is 16.9. The lowest BCUT2D eigenvalue weighted by molar-refractivity contribution is -0.129. The highest BCUT2D eigenvalue weighted by Crippen LogP contribution is 2.58. The highest BCUT2D eigenvalue weighted by molar-refractivity contribution is 6.01. The summed E-state index contributed by atoms with van der Waals surface area (Å²) in [5.41, 5.74) is 4.92. The number of amides is 1. The molecule has 2 aliphatic carbocycles. The largest absolute Gasteiger partial charge is 0.475 e. The fraction of sp³-hybridized carbons (Fsp3) is 0.543. The molecular formula is C35H37FN6O2. The molecule has 1 amide bonds. The number of halogens is 1. The van der Waals surface area contributed by atoms with Crippen molar-refractivity contribution in [3.63, 3.8) is 0 Å². The Morgan fingerprint density at radius 3 is 2.86 bits per heavy atom. The van der Waals surface area contributed by atoms with Crippen molar-refractivity contribution in [3.8, 4) is 6.07 Å². The van der Waals surface area contributed by atoms with Gasteiger partial charge in [0.25, 0.3) is 0 Å². The molecule has 226 valence electrons. The summed E-state index contributed by atoms with van der Waals surface area (Å²) in [7, 11) is 0. The molecule has 6 aliphatic heterocycles. The summed E-state index contributed by atoms with van der Waals surface area (Å²) in [4.78, 5) is 28.8. The van der Waals surface area contributed by atoms with Crippen molar-refractivity contribution in [2.75, 3.05) is 32.8 Å². The molecule has 0 aromatic heterocycles. The highest BCUT2D eigenvalue weighted by atomic mass is 19.1. The summed E-state index contributed by atoms with van der Waals surface area (Å²) in [5, 5.41) is 10.6. The second kappa shape index (κ2) is 9.61. The zero-order valence-electron chi connectivity index (χ0n) is 24.9. The molecular weight excluding hydrogens is 555 g/mol. The van der Waals surface area contributed by atoms with Crippen LogP contribution in [0.3, 0.4) is 0 Å². The standard InChI is InChI=1S/C35H37FN6O2/c1-2-28(43)41-13-8-26-27(41)18-42(26)33-24(16-37)34(44-19-35-9-4-11-40(35)12-5-10-35)39-32-25(33)17-38-31(30(32)36)22-7-3-6-20-14-21-15-23(21)29(20)22/h2-3,6-7,17,21,23,25-27,32H,1,4-5,8-15,18-19H2/t21?,23?,25?,26-,27-,32?/m1/s1. The SMILES string of the molecule is C=CC(=O)N1CC[C@@H]2[C@H]1CN2C1=C(C#N)C(OCC23CCCN2CCC3)=NC2C(F)=C(c3cccc4c3C3CC3C4)N=CC12. The molecule has 0 radical (unpaired) electrons. The molecule has 0 bridgehead atoms. The molecule has 4 saturated heterocycles. The van der Waals surface area contributed by atoms with Gasteiger partial charge in [0.15, 0.2) is 5.83 Å². The summed E-state index contributed by atoms with van der Waals surface area (Å²) in [5.74, 6) is 0.511. The van der Waals surface area contributed by atoms with Gasteiger partial charge in [-0.3, -0.25) is 14.7 Å². The van der Waals surface area contributed by atoms with Crippen LogP contribution in [0.1, 0.15) is 61.1 Å². The minimum Gasteiger partial charge on any atom is -0.475 e. The van der Waals surface area contributed by atoms with Crippen LogP contribution < -0.4 is 0 Å². The average molecular weight is 593 g/mol. The van der Waals surface area contributed by atoms with E-state index in [1.165, 1.54) is 23.6 Å². The number of carbonyl (C=O) groups excluding carboxylic acids is 1. The smallest absolute Gasteiger partial charge is 0.246 e. The average Bonchev–Trinajstić information content (AvgIpc) is 3.33. The molecule has 44 heavy (non-hydrogen) atoms. The van der Waals surface area contributed by atoms with Crippen molar-refractivity contribution >= 4 is 23.7 Å².